The Balaban J connectivity index is 2.47. The van der Waals surface area contributed by atoms with Crippen molar-refractivity contribution in [2.45, 2.75) is 25.8 Å². The Labute approximate surface area is 78.5 Å². The molecule has 1 heterocycles. The van der Waals surface area contributed by atoms with Gasteiger partial charge in [0.15, 0.2) is 0 Å². The molecule has 4 heteroatoms. The van der Waals surface area contributed by atoms with Crippen molar-refractivity contribution in [3.05, 3.63) is 0 Å². The molecule has 0 radical (unpaired) electrons. The first kappa shape index (κ1) is 10.3. The van der Waals surface area contributed by atoms with Crippen LogP contribution in [0.3, 0.4) is 0 Å². The molecule has 2 atom stereocenters. The van der Waals surface area contributed by atoms with Crippen molar-refractivity contribution in [3.8, 4) is 0 Å². The van der Waals surface area contributed by atoms with Crippen LogP contribution in [0.25, 0.3) is 0 Å². The number of likely N-dealkylation sites (tertiary alicyclic amines) is 1. The quantitative estimate of drug-likeness (QED) is 0.712. The van der Waals surface area contributed by atoms with Crippen LogP contribution in [0.4, 0.5) is 4.79 Å². The molecule has 1 saturated heterocycles. The van der Waals surface area contributed by atoms with Crippen LogP contribution < -0.4 is 0 Å². The fourth-order valence-corrected chi connectivity index (χ4v) is 1.76. The van der Waals surface area contributed by atoms with E-state index in [9.17, 15) is 4.79 Å². The fourth-order valence-electron chi connectivity index (χ4n) is 1.76. The number of aliphatic hydroxyl groups excluding tert-OH is 1. The first-order chi connectivity index (χ1) is 6.24. The number of rotatable bonds is 3. The first-order valence-electron chi connectivity index (χ1n) is 4.70. The average Bonchev–Trinajstić information content (AvgIpc) is 2.11. The molecule has 0 spiro atoms. The molecule has 0 bridgehead atoms. The topological polar surface area (TPSA) is 49.8 Å². The summed E-state index contributed by atoms with van der Waals surface area (Å²) in [6.07, 6.45) is 1.60. The van der Waals surface area contributed by atoms with Crippen molar-refractivity contribution < 1.29 is 14.6 Å². The molecular formula is C9H17NO3. The lowest BCUT2D eigenvalue weighted by molar-refractivity contribution is 0.0181. The molecule has 0 aromatic rings. The highest BCUT2D eigenvalue weighted by Gasteiger charge is 2.37. The van der Waals surface area contributed by atoms with Gasteiger partial charge in [0.1, 0.15) is 0 Å². The molecule has 0 aromatic carbocycles. The van der Waals surface area contributed by atoms with Crippen LogP contribution in [-0.2, 0) is 4.74 Å². The number of aliphatic hydroxyl groups is 1. The predicted molar refractivity (Wildman–Crippen MR) is 48.4 cm³/mol. The van der Waals surface area contributed by atoms with Crippen molar-refractivity contribution in [3.63, 3.8) is 0 Å². The lowest BCUT2D eigenvalue weighted by atomic mass is 9.88. The second-order valence-electron chi connectivity index (χ2n) is 3.37. The third-order valence-corrected chi connectivity index (χ3v) is 2.78. The van der Waals surface area contributed by atoms with Gasteiger partial charge in [0, 0.05) is 25.1 Å². The summed E-state index contributed by atoms with van der Waals surface area (Å²) < 4.78 is 4.63. The third kappa shape index (κ3) is 1.94. The Morgan fingerprint density at radius 1 is 1.77 bits per heavy atom. The Morgan fingerprint density at radius 3 is 2.77 bits per heavy atom. The van der Waals surface area contributed by atoms with E-state index in [1.165, 1.54) is 7.11 Å². The molecule has 0 aliphatic carbocycles. The Kier molecular flexibility index (Phi) is 3.54. The maximum Gasteiger partial charge on any atom is 0.409 e. The van der Waals surface area contributed by atoms with Gasteiger partial charge in [-0.05, 0) is 12.8 Å². The van der Waals surface area contributed by atoms with Gasteiger partial charge in [-0.15, -0.1) is 0 Å². The van der Waals surface area contributed by atoms with Gasteiger partial charge in [0.2, 0.25) is 0 Å². The number of carbonyl (C=O) groups excluding carboxylic acids is 1. The van der Waals surface area contributed by atoms with E-state index in [0.717, 1.165) is 19.4 Å². The Morgan fingerprint density at radius 2 is 2.46 bits per heavy atom. The van der Waals surface area contributed by atoms with Crippen LogP contribution >= 0.6 is 0 Å². The van der Waals surface area contributed by atoms with E-state index in [1.807, 2.05) is 6.92 Å². The maximum absolute atomic E-state index is 11.2. The van der Waals surface area contributed by atoms with Crippen molar-refractivity contribution in [1.82, 2.24) is 4.90 Å². The first-order valence-corrected chi connectivity index (χ1v) is 4.70. The number of methoxy groups -OCH3 is 1. The van der Waals surface area contributed by atoms with Crippen LogP contribution in [0.15, 0.2) is 0 Å². The van der Waals surface area contributed by atoms with E-state index < -0.39 is 0 Å². The number of hydrogen-bond acceptors (Lipinski definition) is 3. The smallest absolute Gasteiger partial charge is 0.409 e. The minimum Gasteiger partial charge on any atom is -0.453 e. The van der Waals surface area contributed by atoms with Gasteiger partial charge < -0.3 is 14.7 Å². The molecule has 2 unspecified atom stereocenters. The molecule has 4 nitrogen and oxygen atoms in total. The molecule has 76 valence electrons. The van der Waals surface area contributed by atoms with Gasteiger partial charge in [0.05, 0.1) is 7.11 Å². The molecular weight excluding hydrogens is 170 g/mol. The average molecular weight is 187 g/mol. The number of carbonyl (C=O) groups is 1. The summed E-state index contributed by atoms with van der Waals surface area (Å²) in [5.41, 5.74) is 0. The summed E-state index contributed by atoms with van der Waals surface area (Å²) in [7, 11) is 1.39. The highest BCUT2D eigenvalue weighted by Crippen LogP contribution is 2.27. The summed E-state index contributed by atoms with van der Waals surface area (Å²) in [6, 6.07) is 0.183. The van der Waals surface area contributed by atoms with Crippen molar-refractivity contribution in [2.24, 2.45) is 5.92 Å². The van der Waals surface area contributed by atoms with Gasteiger partial charge in [-0.25, -0.2) is 4.79 Å². The molecule has 1 fully saturated rings. The predicted octanol–water partition coefficient (Wildman–Crippen LogP) is 0.846. The highest BCUT2D eigenvalue weighted by molar-refractivity contribution is 5.68. The summed E-state index contributed by atoms with van der Waals surface area (Å²) in [6.45, 7) is 2.93. The standard InChI is InChI=1S/C9H17NO3/c1-3-7(6-11)8-4-5-10(8)9(12)13-2/h7-8,11H,3-6H2,1-2H3. The van der Waals surface area contributed by atoms with Crippen LogP contribution in [0, 0.1) is 5.92 Å². The maximum atomic E-state index is 11.2. The molecule has 1 amide bonds. The van der Waals surface area contributed by atoms with Gasteiger partial charge in [-0.2, -0.15) is 0 Å². The van der Waals surface area contributed by atoms with E-state index in [2.05, 4.69) is 4.74 Å². The SMILES string of the molecule is CCC(CO)C1CCN1C(=O)OC. The lowest BCUT2D eigenvalue weighted by Crippen LogP contribution is -2.55. The van der Waals surface area contributed by atoms with E-state index in [1.54, 1.807) is 4.90 Å². The highest BCUT2D eigenvalue weighted by atomic mass is 16.5. The summed E-state index contributed by atoms with van der Waals surface area (Å²) >= 11 is 0. The molecule has 0 saturated carbocycles. The van der Waals surface area contributed by atoms with Crippen LogP contribution in [-0.4, -0.2) is 42.4 Å². The lowest BCUT2D eigenvalue weighted by Gasteiger charge is -2.43. The van der Waals surface area contributed by atoms with Crippen LogP contribution in [0.2, 0.25) is 0 Å². The Hall–Kier alpha value is -0.770. The van der Waals surface area contributed by atoms with Gasteiger partial charge in [-0.3, -0.25) is 0 Å². The largest absolute Gasteiger partial charge is 0.453 e. The fraction of sp³-hybridized carbons (Fsp3) is 0.889. The zero-order valence-corrected chi connectivity index (χ0v) is 8.19. The van der Waals surface area contributed by atoms with Gasteiger partial charge in [-0.1, -0.05) is 6.92 Å². The zero-order valence-electron chi connectivity index (χ0n) is 8.19. The molecule has 0 aromatic heterocycles. The van der Waals surface area contributed by atoms with Gasteiger partial charge >= 0.3 is 6.09 Å². The van der Waals surface area contributed by atoms with E-state index >= 15 is 0 Å². The van der Waals surface area contributed by atoms with Crippen LogP contribution in [0.5, 0.6) is 0 Å². The minimum atomic E-state index is -0.275. The Bertz CT molecular complexity index is 180. The van der Waals surface area contributed by atoms with E-state index in [4.69, 9.17) is 5.11 Å². The second-order valence-corrected chi connectivity index (χ2v) is 3.37. The number of amides is 1. The summed E-state index contributed by atoms with van der Waals surface area (Å²) in [5, 5.41) is 9.05. The van der Waals surface area contributed by atoms with Crippen molar-refractivity contribution in [2.75, 3.05) is 20.3 Å². The van der Waals surface area contributed by atoms with Crippen molar-refractivity contribution >= 4 is 6.09 Å². The molecule has 1 N–H and O–H groups in total. The second kappa shape index (κ2) is 4.46. The van der Waals surface area contributed by atoms with E-state index in [-0.39, 0.29) is 24.7 Å². The molecule has 13 heavy (non-hydrogen) atoms. The summed E-state index contributed by atoms with van der Waals surface area (Å²) in [4.78, 5) is 12.8. The number of ether oxygens (including phenoxy) is 1. The van der Waals surface area contributed by atoms with Crippen LogP contribution in [0.1, 0.15) is 19.8 Å². The number of hydrogen-bond donors (Lipinski definition) is 1. The number of nitrogens with zero attached hydrogens (tertiary/aromatic N) is 1. The molecule has 1 aliphatic rings. The van der Waals surface area contributed by atoms with Gasteiger partial charge in [0.25, 0.3) is 0 Å². The monoisotopic (exact) mass is 187 g/mol. The van der Waals surface area contributed by atoms with Crippen molar-refractivity contribution in [1.29, 1.82) is 0 Å². The third-order valence-electron chi connectivity index (χ3n) is 2.78. The summed E-state index contributed by atoms with van der Waals surface area (Å²) in [5.74, 6) is 0.202. The van der Waals surface area contributed by atoms with E-state index in [0.29, 0.717) is 0 Å². The minimum absolute atomic E-state index is 0.147. The molecule has 1 rings (SSSR count). The zero-order chi connectivity index (χ0) is 9.84. The molecule has 1 aliphatic heterocycles. The normalized spacial score (nSPS) is 23.6.